The average molecular weight is 195 g/mol. The van der Waals surface area contributed by atoms with E-state index in [0.717, 1.165) is 17.9 Å². The highest BCUT2D eigenvalue weighted by Crippen LogP contribution is 2.40. The lowest BCUT2D eigenvalue weighted by Crippen LogP contribution is -2.27. The molecule has 0 aromatic heterocycles. The van der Waals surface area contributed by atoms with Crippen molar-refractivity contribution in [3.05, 3.63) is 0 Å². The van der Waals surface area contributed by atoms with Crippen molar-refractivity contribution in [2.24, 2.45) is 11.8 Å². The summed E-state index contributed by atoms with van der Waals surface area (Å²) in [4.78, 5) is 0. The average Bonchev–Trinajstić information content (AvgIpc) is 2.85. The fourth-order valence-corrected chi connectivity index (χ4v) is 3.41. The van der Waals surface area contributed by atoms with Crippen LogP contribution < -0.4 is 5.32 Å². The zero-order valence-electron chi connectivity index (χ0n) is 9.60. The van der Waals surface area contributed by atoms with Gasteiger partial charge in [-0.1, -0.05) is 32.6 Å². The molecule has 2 rings (SSSR count). The Morgan fingerprint density at radius 1 is 1.00 bits per heavy atom. The lowest BCUT2D eigenvalue weighted by atomic mass is 9.89. The van der Waals surface area contributed by atoms with Crippen LogP contribution in [0, 0.1) is 11.8 Å². The Kier molecular flexibility index (Phi) is 3.86. The first-order valence-electron chi connectivity index (χ1n) is 6.63. The smallest absolute Gasteiger partial charge is 0.00699 e. The molecule has 1 nitrogen and oxygen atoms in total. The summed E-state index contributed by atoms with van der Waals surface area (Å²) in [6, 6.07) is 0.862. The Balaban J connectivity index is 1.71. The molecular formula is C13H25N. The molecule has 2 atom stereocenters. The lowest BCUT2D eigenvalue weighted by molar-refractivity contribution is 0.338. The molecule has 0 aromatic rings. The third-order valence-corrected chi connectivity index (χ3v) is 4.22. The summed E-state index contributed by atoms with van der Waals surface area (Å²) in [6.07, 6.45) is 11.8. The van der Waals surface area contributed by atoms with E-state index >= 15 is 0 Å². The standard InChI is InChI=1S/C13H25N/c1-2-9-14-13-8-7-12(10-13)11-5-3-4-6-11/h11-14H,2-10H2,1H3. The molecule has 0 aliphatic heterocycles. The van der Waals surface area contributed by atoms with Crippen molar-refractivity contribution in [3.8, 4) is 0 Å². The molecule has 0 spiro atoms. The molecule has 2 fully saturated rings. The molecule has 82 valence electrons. The molecule has 0 saturated heterocycles. The number of nitrogens with one attached hydrogen (secondary N) is 1. The van der Waals surface area contributed by atoms with E-state index < -0.39 is 0 Å². The van der Waals surface area contributed by atoms with Crippen LogP contribution in [0.25, 0.3) is 0 Å². The number of hydrogen-bond acceptors (Lipinski definition) is 1. The Morgan fingerprint density at radius 2 is 1.79 bits per heavy atom. The van der Waals surface area contributed by atoms with Crippen LogP contribution in [0.4, 0.5) is 0 Å². The molecule has 0 radical (unpaired) electrons. The summed E-state index contributed by atoms with van der Waals surface area (Å²) in [5.41, 5.74) is 0. The predicted octanol–water partition coefficient (Wildman–Crippen LogP) is 3.34. The minimum Gasteiger partial charge on any atom is -0.314 e. The zero-order chi connectivity index (χ0) is 9.80. The minimum absolute atomic E-state index is 0.862. The first-order valence-corrected chi connectivity index (χ1v) is 6.63. The van der Waals surface area contributed by atoms with Gasteiger partial charge in [0.15, 0.2) is 0 Å². The first kappa shape index (κ1) is 10.5. The molecule has 2 aliphatic carbocycles. The predicted molar refractivity (Wildman–Crippen MR) is 61.4 cm³/mol. The molecule has 2 aliphatic rings. The summed E-state index contributed by atoms with van der Waals surface area (Å²) in [5, 5.41) is 3.68. The van der Waals surface area contributed by atoms with Crippen molar-refractivity contribution >= 4 is 0 Å². The molecule has 1 N–H and O–H groups in total. The van der Waals surface area contributed by atoms with E-state index in [1.54, 1.807) is 0 Å². The second-order valence-electron chi connectivity index (χ2n) is 5.27. The third kappa shape index (κ3) is 2.50. The summed E-state index contributed by atoms with van der Waals surface area (Å²) in [6.45, 7) is 3.48. The second-order valence-corrected chi connectivity index (χ2v) is 5.27. The Hall–Kier alpha value is -0.0400. The van der Waals surface area contributed by atoms with Crippen molar-refractivity contribution in [1.82, 2.24) is 5.32 Å². The van der Waals surface area contributed by atoms with Gasteiger partial charge in [-0.3, -0.25) is 0 Å². The highest BCUT2D eigenvalue weighted by molar-refractivity contribution is 4.86. The highest BCUT2D eigenvalue weighted by atomic mass is 14.9. The van der Waals surface area contributed by atoms with Crippen molar-refractivity contribution in [2.75, 3.05) is 6.54 Å². The normalized spacial score (nSPS) is 34.1. The van der Waals surface area contributed by atoms with Crippen LogP contribution in [-0.4, -0.2) is 12.6 Å². The van der Waals surface area contributed by atoms with E-state index in [2.05, 4.69) is 12.2 Å². The van der Waals surface area contributed by atoms with Crippen LogP contribution in [0.3, 0.4) is 0 Å². The van der Waals surface area contributed by atoms with Crippen LogP contribution in [0.5, 0.6) is 0 Å². The fourth-order valence-electron chi connectivity index (χ4n) is 3.41. The van der Waals surface area contributed by atoms with Gasteiger partial charge < -0.3 is 5.32 Å². The fraction of sp³-hybridized carbons (Fsp3) is 1.00. The summed E-state index contributed by atoms with van der Waals surface area (Å²) in [7, 11) is 0. The Bertz CT molecular complexity index is 161. The maximum absolute atomic E-state index is 3.68. The van der Waals surface area contributed by atoms with Gasteiger partial charge in [-0.25, -0.2) is 0 Å². The van der Waals surface area contributed by atoms with E-state index in [1.807, 2.05) is 0 Å². The topological polar surface area (TPSA) is 12.0 Å². The Labute approximate surface area is 88.7 Å². The first-order chi connectivity index (χ1) is 6.90. The third-order valence-electron chi connectivity index (χ3n) is 4.22. The quantitative estimate of drug-likeness (QED) is 0.725. The summed E-state index contributed by atoms with van der Waals surface area (Å²) in [5.74, 6) is 2.18. The Morgan fingerprint density at radius 3 is 2.50 bits per heavy atom. The van der Waals surface area contributed by atoms with Crippen LogP contribution in [0.2, 0.25) is 0 Å². The van der Waals surface area contributed by atoms with Gasteiger partial charge in [0.2, 0.25) is 0 Å². The van der Waals surface area contributed by atoms with Crippen LogP contribution in [0.1, 0.15) is 58.3 Å². The summed E-state index contributed by atoms with van der Waals surface area (Å²) < 4.78 is 0. The van der Waals surface area contributed by atoms with Crippen molar-refractivity contribution in [1.29, 1.82) is 0 Å². The summed E-state index contributed by atoms with van der Waals surface area (Å²) >= 11 is 0. The molecule has 1 heteroatoms. The van der Waals surface area contributed by atoms with Crippen molar-refractivity contribution in [3.63, 3.8) is 0 Å². The lowest BCUT2D eigenvalue weighted by Gasteiger charge is -2.18. The molecule has 0 bridgehead atoms. The van der Waals surface area contributed by atoms with Gasteiger partial charge in [0.25, 0.3) is 0 Å². The molecule has 2 unspecified atom stereocenters. The minimum atomic E-state index is 0.862. The SMILES string of the molecule is CCCNC1CCC(C2CCCC2)C1. The van der Waals surface area contributed by atoms with Crippen LogP contribution in [-0.2, 0) is 0 Å². The van der Waals surface area contributed by atoms with Crippen molar-refractivity contribution < 1.29 is 0 Å². The molecule has 0 amide bonds. The van der Waals surface area contributed by atoms with Gasteiger partial charge in [-0.15, -0.1) is 0 Å². The second kappa shape index (κ2) is 5.16. The molecule has 2 saturated carbocycles. The van der Waals surface area contributed by atoms with Crippen molar-refractivity contribution in [2.45, 2.75) is 64.3 Å². The largest absolute Gasteiger partial charge is 0.314 e. The van der Waals surface area contributed by atoms with Gasteiger partial charge in [0.1, 0.15) is 0 Å². The molecule has 0 heterocycles. The van der Waals surface area contributed by atoms with Gasteiger partial charge in [-0.05, 0) is 44.1 Å². The van der Waals surface area contributed by atoms with Gasteiger partial charge in [-0.2, -0.15) is 0 Å². The maximum Gasteiger partial charge on any atom is 0.00699 e. The highest BCUT2D eigenvalue weighted by Gasteiger charge is 2.31. The van der Waals surface area contributed by atoms with E-state index in [-0.39, 0.29) is 0 Å². The molecule has 0 aromatic carbocycles. The maximum atomic E-state index is 3.68. The van der Waals surface area contributed by atoms with Gasteiger partial charge >= 0.3 is 0 Å². The monoisotopic (exact) mass is 195 g/mol. The molecular weight excluding hydrogens is 170 g/mol. The number of rotatable bonds is 4. The van der Waals surface area contributed by atoms with Crippen LogP contribution >= 0.6 is 0 Å². The van der Waals surface area contributed by atoms with Crippen LogP contribution in [0.15, 0.2) is 0 Å². The van der Waals surface area contributed by atoms with Gasteiger partial charge in [0, 0.05) is 6.04 Å². The zero-order valence-corrected chi connectivity index (χ0v) is 9.60. The van der Waals surface area contributed by atoms with E-state index in [4.69, 9.17) is 0 Å². The molecule has 14 heavy (non-hydrogen) atoms. The number of hydrogen-bond donors (Lipinski definition) is 1. The van der Waals surface area contributed by atoms with E-state index in [1.165, 1.54) is 57.9 Å². The van der Waals surface area contributed by atoms with Gasteiger partial charge in [0.05, 0.1) is 0 Å². The van der Waals surface area contributed by atoms with E-state index in [9.17, 15) is 0 Å². The van der Waals surface area contributed by atoms with E-state index in [0.29, 0.717) is 0 Å².